The van der Waals surface area contributed by atoms with Crippen molar-refractivity contribution in [3.63, 3.8) is 0 Å². The fourth-order valence-corrected chi connectivity index (χ4v) is 3.15. The number of aryl methyl sites for hydroxylation is 1. The molecule has 116 valence electrons. The molecule has 6 nitrogen and oxygen atoms in total. The molecule has 1 aromatic heterocycles. The molecule has 0 saturated heterocycles. The first-order valence-electron chi connectivity index (χ1n) is 7.71. The van der Waals surface area contributed by atoms with Gasteiger partial charge in [-0.25, -0.2) is 0 Å². The van der Waals surface area contributed by atoms with E-state index in [2.05, 4.69) is 27.6 Å². The average Bonchev–Trinajstić information content (AvgIpc) is 2.90. The van der Waals surface area contributed by atoms with Crippen LogP contribution >= 0.6 is 0 Å². The lowest BCUT2D eigenvalue weighted by Gasteiger charge is -2.22. The number of hydrogen-bond acceptors (Lipinski definition) is 4. The zero-order chi connectivity index (χ0) is 15.5. The van der Waals surface area contributed by atoms with Crippen molar-refractivity contribution in [2.75, 3.05) is 5.32 Å². The molecule has 1 aliphatic rings. The molecule has 2 aromatic rings. The Morgan fingerprint density at radius 2 is 1.91 bits per heavy atom. The molecule has 22 heavy (non-hydrogen) atoms. The van der Waals surface area contributed by atoms with Crippen molar-refractivity contribution in [2.24, 2.45) is 0 Å². The lowest BCUT2D eigenvalue weighted by Crippen LogP contribution is -2.04. The van der Waals surface area contributed by atoms with E-state index in [0.717, 1.165) is 5.69 Å². The Balaban J connectivity index is 1.75. The summed E-state index contributed by atoms with van der Waals surface area (Å²) in [6.07, 6.45) is 6.48. The van der Waals surface area contributed by atoms with E-state index < -0.39 is 4.92 Å². The normalized spacial score (nSPS) is 15.7. The van der Waals surface area contributed by atoms with Gasteiger partial charge < -0.3 is 5.32 Å². The molecule has 1 fully saturated rings. The van der Waals surface area contributed by atoms with Gasteiger partial charge in [0.05, 0.1) is 4.92 Å². The first-order chi connectivity index (χ1) is 10.6. The zero-order valence-corrected chi connectivity index (χ0v) is 12.6. The van der Waals surface area contributed by atoms with Gasteiger partial charge in [-0.05, 0) is 43.4 Å². The predicted molar refractivity (Wildman–Crippen MR) is 85.5 cm³/mol. The third-order valence-electron chi connectivity index (χ3n) is 4.35. The van der Waals surface area contributed by atoms with Crippen molar-refractivity contribution in [1.82, 2.24) is 10.2 Å². The summed E-state index contributed by atoms with van der Waals surface area (Å²) in [6.45, 7) is 1.64. The lowest BCUT2D eigenvalue weighted by molar-refractivity contribution is -0.384. The number of H-pyrrole nitrogens is 1. The molecule has 2 N–H and O–H groups in total. The third kappa shape index (κ3) is 2.95. The van der Waals surface area contributed by atoms with Crippen molar-refractivity contribution in [1.29, 1.82) is 0 Å². The largest absolute Gasteiger partial charge is 0.333 e. The van der Waals surface area contributed by atoms with Crippen LogP contribution in [0.4, 0.5) is 17.2 Å². The van der Waals surface area contributed by atoms with Crippen LogP contribution < -0.4 is 5.32 Å². The fourth-order valence-electron chi connectivity index (χ4n) is 3.15. The maximum atomic E-state index is 11.1. The van der Waals surface area contributed by atoms with Crippen LogP contribution in [0, 0.1) is 17.0 Å². The van der Waals surface area contributed by atoms with E-state index in [-0.39, 0.29) is 11.5 Å². The Labute approximate surface area is 129 Å². The summed E-state index contributed by atoms with van der Waals surface area (Å²) in [5, 5.41) is 20.7. The number of nitrogens with one attached hydrogen (secondary N) is 2. The predicted octanol–water partition coefficient (Wildman–Crippen LogP) is 4.42. The van der Waals surface area contributed by atoms with Gasteiger partial charge in [0, 0.05) is 5.69 Å². The zero-order valence-electron chi connectivity index (χ0n) is 12.6. The molecule has 0 unspecified atom stereocenters. The monoisotopic (exact) mass is 300 g/mol. The maximum Gasteiger partial charge on any atom is 0.333 e. The summed E-state index contributed by atoms with van der Waals surface area (Å²) in [6, 6.07) is 8.17. The number of hydrogen-bond donors (Lipinski definition) is 2. The second-order valence-electron chi connectivity index (χ2n) is 5.88. The van der Waals surface area contributed by atoms with Crippen LogP contribution in [-0.2, 0) is 0 Å². The van der Waals surface area contributed by atoms with Gasteiger partial charge >= 0.3 is 5.69 Å². The minimum Gasteiger partial charge on any atom is -0.333 e. The Kier molecular flexibility index (Phi) is 4.09. The third-order valence-corrected chi connectivity index (χ3v) is 4.35. The van der Waals surface area contributed by atoms with Gasteiger partial charge in [0.1, 0.15) is 5.69 Å². The number of nitrogens with zero attached hydrogens (tertiary/aromatic N) is 2. The Morgan fingerprint density at radius 3 is 2.55 bits per heavy atom. The number of rotatable bonds is 4. The van der Waals surface area contributed by atoms with Crippen LogP contribution in [0.3, 0.4) is 0 Å². The summed E-state index contributed by atoms with van der Waals surface area (Å²) in [7, 11) is 0. The quantitative estimate of drug-likeness (QED) is 0.646. The summed E-state index contributed by atoms with van der Waals surface area (Å²) >= 11 is 0. The number of nitro groups is 1. The second kappa shape index (κ2) is 6.17. The molecule has 1 heterocycles. The van der Waals surface area contributed by atoms with Gasteiger partial charge in [-0.15, -0.1) is 5.10 Å². The minimum absolute atomic E-state index is 0.00337. The Bertz CT molecular complexity index is 657. The highest BCUT2D eigenvalue weighted by Gasteiger charge is 2.21. The molecule has 0 amide bonds. The van der Waals surface area contributed by atoms with Gasteiger partial charge in [-0.2, -0.15) is 0 Å². The topological polar surface area (TPSA) is 83.8 Å². The lowest BCUT2D eigenvalue weighted by atomic mass is 9.84. The van der Waals surface area contributed by atoms with Crippen molar-refractivity contribution >= 4 is 17.2 Å². The van der Waals surface area contributed by atoms with Crippen molar-refractivity contribution in [2.45, 2.75) is 44.9 Å². The van der Waals surface area contributed by atoms with Crippen LogP contribution in [0.15, 0.2) is 24.3 Å². The minimum atomic E-state index is -0.419. The first-order valence-corrected chi connectivity index (χ1v) is 7.71. The summed E-state index contributed by atoms with van der Waals surface area (Å²) in [4.78, 5) is 10.6. The van der Waals surface area contributed by atoms with E-state index in [1.165, 1.54) is 37.7 Å². The first kappa shape index (κ1) is 14.6. The van der Waals surface area contributed by atoms with Crippen LogP contribution in [0.5, 0.6) is 0 Å². The highest BCUT2D eigenvalue weighted by Crippen LogP contribution is 2.34. The molecule has 1 saturated carbocycles. The van der Waals surface area contributed by atoms with Crippen LogP contribution in [0.2, 0.25) is 0 Å². The van der Waals surface area contributed by atoms with E-state index in [0.29, 0.717) is 11.6 Å². The number of aromatic nitrogens is 2. The highest BCUT2D eigenvalue weighted by atomic mass is 16.6. The van der Waals surface area contributed by atoms with Gasteiger partial charge in [-0.1, -0.05) is 31.4 Å². The SMILES string of the molecule is Cc1[nH]nc(Nc2ccc(C3CCCCC3)cc2)c1[N+](=O)[O-]. The molecule has 6 heteroatoms. The molecule has 0 radical (unpaired) electrons. The molecular formula is C16H20N4O2. The van der Waals surface area contributed by atoms with E-state index in [1.54, 1.807) is 6.92 Å². The molecular weight excluding hydrogens is 280 g/mol. The van der Waals surface area contributed by atoms with E-state index in [1.807, 2.05) is 12.1 Å². The molecule has 1 aromatic carbocycles. The average molecular weight is 300 g/mol. The molecule has 3 rings (SSSR count). The molecule has 1 aliphatic carbocycles. The Hall–Kier alpha value is -2.37. The number of aromatic amines is 1. The maximum absolute atomic E-state index is 11.1. The van der Waals surface area contributed by atoms with E-state index >= 15 is 0 Å². The van der Waals surface area contributed by atoms with Gasteiger partial charge in [0.15, 0.2) is 0 Å². The molecule has 0 atom stereocenters. The van der Waals surface area contributed by atoms with Crippen LogP contribution in [-0.4, -0.2) is 15.1 Å². The summed E-state index contributed by atoms with van der Waals surface area (Å²) in [5.74, 6) is 0.915. The molecule has 0 aliphatic heterocycles. The van der Waals surface area contributed by atoms with Crippen molar-refractivity contribution < 1.29 is 4.92 Å². The standard InChI is InChI=1S/C16H20N4O2/c1-11-15(20(21)22)16(19-18-11)17-14-9-7-13(8-10-14)12-5-3-2-4-6-12/h7-10,12H,2-6H2,1H3,(H2,17,18,19). The smallest absolute Gasteiger partial charge is 0.333 e. The fraction of sp³-hybridized carbons (Fsp3) is 0.438. The molecule has 0 spiro atoms. The van der Waals surface area contributed by atoms with Gasteiger partial charge in [0.2, 0.25) is 5.82 Å². The summed E-state index contributed by atoms with van der Waals surface area (Å²) in [5.41, 5.74) is 2.62. The van der Waals surface area contributed by atoms with Crippen LogP contribution in [0.25, 0.3) is 0 Å². The van der Waals surface area contributed by atoms with Crippen molar-refractivity contribution in [3.05, 3.63) is 45.6 Å². The van der Waals surface area contributed by atoms with E-state index in [9.17, 15) is 10.1 Å². The highest BCUT2D eigenvalue weighted by molar-refractivity contribution is 5.67. The summed E-state index contributed by atoms with van der Waals surface area (Å²) < 4.78 is 0. The number of benzene rings is 1. The van der Waals surface area contributed by atoms with Crippen LogP contribution in [0.1, 0.15) is 49.3 Å². The number of anilines is 2. The molecule has 0 bridgehead atoms. The Morgan fingerprint density at radius 1 is 1.23 bits per heavy atom. The van der Waals surface area contributed by atoms with E-state index in [4.69, 9.17) is 0 Å². The second-order valence-corrected chi connectivity index (χ2v) is 5.88. The van der Waals surface area contributed by atoms with Crippen molar-refractivity contribution in [3.8, 4) is 0 Å². The van der Waals surface area contributed by atoms with Gasteiger partial charge in [-0.3, -0.25) is 15.2 Å². The van der Waals surface area contributed by atoms with Gasteiger partial charge in [0.25, 0.3) is 0 Å².